The van der Waals surface area contributed by atoms with Crippen LogP contribution in [-0.4, -0.2) is 51.4 Å². The molecule has 0 bridgehead atoms. The van der Waals surface area contributed by atoms with Gasteiger partial charge in [0, 0.05) is 24.8 Å². The van der Waals surface area contributed by atoms with E-state index in [4.69, 9.17) is 4.74 Å². The first-order valence-electron chi connectivity index (χ1n) is 9.48. The van der Waals surface area contributed by atoms with E-state index in [1.165, 1.54) is 17.5 Å². The van der Waals surface area contributed by atoms with Crippen LogP contribution in [0.2, 0.25) is 0 Å². The normalized spacial score (nSPS) is 23.1. The standard InChI is InChI=1S/C19H29N3O4S/c1-19(2)9-6-10-20-17(19)18(23)21-14-7-8-16(15(13-14)26-3)27(24,25)22-11-4-5-12-22/h7-8,13,17,20H,4-6,9-12H2,1-3H3,(H,21,23). The molecule has 2 aliphatic rings. The highest BCUT2D eigenvalue weighted by Gasteiger charge is 2.37. The summed E-state index contributed by atoms with van der Waals surface area (Å²) in [6.45, 7) is 6.04. The Morgan fingerprint density at radius 1 is 1.26 bits per heavy atom. The predicted octanol–water partition coefficient (Wildman–Crippen LogP) is 2.20. The van der Waals surface area contributed by atoms with Gasteiger partial charge in [0.15, 0.2) is 0 Å². The molecule has 8 heteroatoms. The Balaban J connectivity index is 1.81. The molecule has 2 saturated heterocycles. The van der Waals surface area contributed by atoms with Crippen LogP contribution in [0.15, 0.2) is 23.1 Å². The molecule has 2 fully saturated rings. The summed E-state index contributed by atoms with van der Waals surface area (Å²) in [6, 6.07) is 4.43. The number of sulfonamides is 1. The molecule has 150 valence electrons. The topological polar surface area (TPSA) is 87.7 Å². The number of benzene rings is 1. The molecule has 2 aliphatic heterocycles. The van der Waals surface area contributed by atoms with E-state index in [0.29, 0.717) is 18.8 Å². The Hall–Kier alpha value is -1.64. The van der Waals surface area contributed by atoms with Gasteiger partial charge in [-0.25, -0.2) is 8.42 Å². The lowest BCUT2D eigenvalue weighted by molar-refractivity contribution is -0.121. The molecule has 0 spiro atoms. The molecule has 1 amide bonds. The zero-order chi connectivity index (χ0) is 19.7. The van der Waals surface area contributed by atoms with Gasteiger partial charge in [-0.2, -0.15) is 4.31 Å². The molecule has 7 nitrogen and oxygen atoms in total. The number of ether oxygens (including phenoxy) is 1. The van der Waals surface area contributed by atoms with E-state index >= 15 is 0 Å². The van der Waals surface area contributed by atoms with E-state index in [-0.39, 0.29) is 28.0 Å². The zero-order valence-electron chi connectivity index (χ0n) is 16.2. The zero-order valence-corrected chi connectivity index (χ0v) is 17.1. The van der Waals surface area contributed by atoms with Gasteiger partial charge in [-0.1, -0.05) is 13.8 Å². The lowest BCUT2D eigenvalue weighted by atomic mass is 9.77. The molecule has 1 aromatic carbocycles. The maximum atomic E-state index is 12.8. The molecule has 1 unspecified atom stereocenters. The quantitative estimate of drug-likeness (QED) is 0.798. The van der Waals surface area contributed by atoms with Gasteiger partial charge < -0.3 is 15.4 Å². The maximum absolute atomic E-state index is 12.8. The summed E-state index contributed by atoms with van der Waals surface area (Å²) in [5.74, 6) is 0.132. The SMILES string of the molecule is COc1cc(NC(=O)C2NCCCC2(C)C)ccc1S(=O)(=O)N1CCCC1. The van der Waals surface area contributed by atoms with Crippen molar-refractivity contribution in [2.45, 2.75) is 50.5 Å². The number of amides is 1. The number of carbonyl (C=O) groups is 1. The Kier molecular flexibility index (Phi) is 5.79. The molecule has 0 saturated carbocycles. The molecule has 1 atom stereocenters. The second kappa shape index (κ2) is 7.77. The Morgan fingerprint density at radius 2 is 1.96 bits per heavy atom. The molecule has 1 aromatic rings. The fourth-order valence-electron chi connectivity index (χ4n) is 3.90. The van der Waals surface area contributed by atoms with Gasteiger partial charge in [-0.15, -0.1) is 0 Å². The van der Waals surface area contributed by atoms with E-state index in [0.717, 1.165) is 32.2 Å². The van der Waals surface area contributed by atoms with Gasteiger partial charge in [-0.3, -0.25) is 4.79 Å². The van der Waals surface area contributed by atoms with E-state index < -0.39 is 10.0 Å². The van der Waals surface area contributed by atoms with E-state index in [1.54, 1.807) is 12.1 Å². The van der Waals surface area contributed by atoms with Gasteiger partial charge >= 0.3 is 0 Å². The van der Waals surface area contributed by atoms with Crippen molar-refractivity contribution >= 4 is 21.6 Å². The summed E-state index contributed by atoms with van der Waals surface area (Å²) in [5, 5.41) is 6.19. The molecule has 0 aliphatic carbocycles. The van der Waals surface area contributed by atoms with Crippen LogP contribution in [0.3, 0.4) is 0 Å². The summed E-state index contributed by atoms with van der Waals surface area (Å²) in [4.78, 5) is 12.9. The van der Waals surface area contributed by atoms with Gasteiger partial charge in [0.25, 0.3) is 0 Å². The molecule has 0 radical (unpaired) electrons. The average molecular weight is 396 g/mol. The highest BCUT2D eigenvalue weighted by Crippen LogP contribution is 2.33. The fourth-order valence-corrected chi connectivity index (χ4v) is 5.55. The molecular weight excluding hydrogens is 366 g/mol. The summed E-state index contributed by atoms with van der Waals surface area (Å²) < 4.78 is 32.5. The summed E-state index contributed by atoms with van der Waals surface area (Å²) in [6.07, 6.45) is 3.78. The number of anilines is 1. The lowest BCUT2D eigenvalue weighted by Gasteiger charge is -2.38. The Morgan fingerprint density at radius 3 is 2.59 bits per heavy atom. The van der Waals surface area contributed by atoms with Gasteiger partial charge in [0.2, 0.25) is 15.9 Å². The number of rotatable bonds is 5. The summed E-state index contributed by atoms with van der Waals surface area (Å²) in [7, 11) is -2.14. The molecule has 2 N–H and O–H groups in total. The summed E-state index contributed by atoms with van der Waals surface area (Å²) in [5.41, 5.74) is 0.395. The minimum atomic E-state index is -3.58. The highest BCUT2D eigenvalue weighted by molar-refractivity contribution is 7.89. The number of nitrogens with one attached hydrogen (secondary N) is 2. The molecule has 0 aromatic heterocycles. The van der Waals surface area contributed by atoms with Crippen LogP contribution in [0.5, 0.6) is 5.75 Å². The third kappa shape index (κ3) is 4.12. The van der Waals surface area contributed by atoms with Crippen LogP contribution in [0.1, 0.15) is 39.5 Å². The van der Waals surface area contributed by atoms with Crippen LogP contribution < -0.4 is 15.4 Å². The molecule has 2 heterocycles. The van der Waals surface area contributed by atoms with Gasteiger partial charge in [0.05, 0.1) is 13.2 Å². The predicted molar refractivity (Wildman–Crippen MR) is 104 cm³/mol. The second-order valence-electron chi connectivity index (χ2n) is 7.95. The van der Waals surface area contributed by atoms with Crippen LogP contribution in [-0.2, 0) is 14.8 Å². The van der Waals surface area contributed by atoms with E-state index in [1.807, 2.05) is 0 Å². The van der Waals surface area contributed by atoms with Crippen molar-refractivity contribution in [2.75, 3.05) is 32.1 Å². The van der Waals surface area contributed by atoms with Crippen molar-refractivity contribution in [3.8, 4) is 5.75 Å². The number of hydrogen-bond acceptors (Lipinski definition) is 5. The minimum absolute atomic E-state index is 0.114. The monoisotopic (exact) mass is 395 g/mol. The third-order valence-electron chi connectivity index (χ3n) is 5.50. The van der Waals surface area contributed by atoms with Crippen molar-refractivity contribution < 1.29 is 17.9 Å². The first kappa shape index (κ1) is 20.1. The molecular formula is C19H29N3O4S. The first-order chi connectivity index (χ1) is 12.8. The molecule has 27 heavy (non-hydrogen) atoms. The van der Waals surface area contributed by atoms with Crippen LogP contribution >= 0.6 is 0 Å². The number of hydrogen-bond donors (Lipinski definition) is 2. The largest absolute Gasteiger partial charge is 0.495 e. The Bertz CT molecular complexity index is 801. The highest BCUT2D eigenvalue weighted by atomic mass is 32.2. The van der Waals surface area contributed by atoms with Crippen molar-refractivity contribution in [3.05, 3.63) is 18.2 Å². The van der Waals surface area contributed by atoms with E-state index in [2.05, 4.69) is 24.5 Å². The first-order valence-corrected chi connectivity index (χ1v) is 10.9. The van der Waals surface area contributed by atoms with Crippen LogP contribution in [0, 0.1) is 5.41 Å². The summed E-state index contributed by atoms with van der Waals surface area (Å²) >= 11 is 0. The smallest absolute Gasteiger partial charge is 0.246 e. The van der Waals surface area contributed by atoms with Gasteiger partial charge in [0.1, 0.15) is 10.6 Å². The maximum Gasteiger partial charge on any atom is 0.246 e. The minimum Gasteiger partial charge on any atom is -0.495 e. The van der Waals surface area contributed by atoms with Crippen molar-refractivity contribution in [1.29, 1.82) is 0 Å². The third-order valence-corrected chi connectivity index (χ3v) is 7.44. The van der Waals surface area contributed by atoms with Crippen molar-refractivity contribution in [2.24, 2.45) is 5.41 Å². The number of nitrogens with zero attached hydrogens (tertiary/aromatic N) is 1. The van der Waals surface area contributed by atoms with Gasteiger partial charge in [-0.05, 0) is 49.8 Å². The second-order valence-corrected chi connectivity index (χ2v) is 9.85. The average Bonchev–Trinajstić information content (AvgIpc) is 3.16. The number of methoxy groups -OCH3 is 1. The lowest BCUT2D eigenvalue weighted by Crippen LogP contribution is -2.53. The fraction of sp³-hybridized carbons (Fsp3) is 0.632. The number of carbonyl (C=O) groups excluding carboxylic acids is 1. The van der Waals surface area contributed by atoms with Crippen molar-refractivity contribution in [1.82, 2.24) is 9.62 Å². The van der Waals surface area contributed by atoms with Crippen molar-refractivity contribution in [3.63, 3.8) is 0 Å². The van der Waals surface area contributed by atoms with Crippen LogP contribution in [0.25, 0.3) is 0 Å². The van der Waals surface area contributed by atoms with Crippen LogP contribution in [0.4, 0.5) is 5.69 Å². The molecule has 3 rings (SSSR count). The Labute approximate surface area is 161 Å². The van der Waals surface area contributed by atoms with E-state index in [9.17, 15) is 13.2 Å². The number of piperidine rings is 1.